The second-order valence-electron chi connectivity index (χ2n) is 6.16. The molecule has 0 amide bonds. The summed E-state index contributed by atoms with van der Waals surface area (Å²) < 4.78 is 1.26. The predicted octanol–water partition coefficient (Wildman–Crippen LogP) is 4.05. The van der Waals surface area contributed by atoms with Crippen LogP contribution in [0.15, 0.2) is 15.9 Å². The average molecular weight is 357 g/mol. The molecule has 2 bridgehead atoms. The SMILES string of the molecule is CCNC1CC2CCCC(C1)N2CCc1ccc(Br)s1. The van der Waals surface area contributed by atoms with Gasteiger partial charge in [0.1, 0.15) is 0 Å². The highest BCUT2D eigenvalue weighted by atomic mass is 79.9. The van der Waals surface area contributed by atoms with Crippen molar-refractivity contribution in [2.75, 3.05) is 13.1 Å². The van der Waals surface area contributed by atoms with Gasteiger partial charge in [0.05, 0.1) is 3.79 Å². The van der Waals surface area contributed by atoms with Gasteiger partial charge in [-0.2, -0.15) is 0 Å². The first-order valence-electron chi connectivity index (χ1n) is 7.99. The highest BCUT2D eigenvalue weighted by molar-refractivity contribution is 9.11. The molecular formula is C16H25BrN2S. The van der Waals surface area contributed by atoms with Crippen LogP contribution >= 0.6 is 27.3 Å². The quantitative estimate of drug-likeness (QED) is 0.855. The molecule has 2 aliphatic rings. The van der Waals surface area contributed by atoms with Crippen molar-refractivity contribution < 1.29 is 0 Å². The molecule has 112 valence electrons. The molecule has 4 heteroatoms. The van der Waals surface area contributed by atoms with Crippen molar-refractivity contribution in [2.24, 2.45) is 0 Å². The molecule has 0 saturated carbocycles. The number of thiophene rings is 1. The van der Waals surface area contributed by atoms with Gasteiger partial charge in [0.15, 0.2) is 0 Å². The average Bonchev–Trinajstić information content (AvgIpc) is 2.82. The molecule has 2 fully saturated rings. The van der Waals surface area contributed by atoms with Crippen molar-refractivity contribution in [1.82, 2.24) is 10.2 Å². The van der Waals surface area contributed by atoms with E-state index >= 15 is 0 Å². The van der Waals surface area contributed by atoms with E-state index in [1.807, 2.05) is 11.3 Å². The van der Waals surface area contributed by atoms with Crippen molar-refractivity contribution in [3.05, 3.63) is 20.8 Å². The highest BCUT2D eigenvalue weighted by Crippen LogP contribution is 2.34. The Hall–Kier alpha value is 0.1000. The molecule has 0 aliphatic carbocycles. The Bertz CT molecular complexity index is 420. The molecule has 1 aromatic rings. The van der Waals surface area contributed by atoms with Crippen LogP contribution in [0.2, 0.25) is 0 Å². The maximum atomic E-state index is 3.68. The van der Waals surface area contributed by atoms with Gasteiger partial charge in [0, 0.05) is 29.5 Å². The van der Waals surface area contributed by atoms with Crippen LogP contribution in [0.5, 0.6) is 0 Å². The van der Waals surface area contributed by atoms with E-state index in [-0.39, 0.29) is 0 Å². The molecule has 2 saturated heterocycles. The molecular weight excluding hydrogens is 332 g/mol. The Labute approximate surface area is 135 Å². The van der Waals surface area contributed by atoms with Crippen LogP contribution in [0.1, 0.15) is 43.9 Å². The van der Waals surface area contributed by atoms with E-state index in [9.17, 15) is 0 Å². The normalized spacial score (nSPS) is 30.6. The fourth-order valence-corrected chi connectivity index (χ4v) is 5.50. The van der Waals surface area contributed by atoms with Gasteiger partial charge in [-0.05, 0) is 66.7 Å². The van der Waals surface area contributed by atoms with E-state index in [2.05, 4.69) is 45.2 Å². The molecule has 0 spiro atoms. The lowest BCUT2D eigenvalue weighted by Gasteiger charge is -2.49. The maximum Gasteiger partial charge on any atom is 0.0701 e. The lowest BCUT2D eigenvalue weighted by molar-refractivity contribution is 0.0261. The van der Waals surface area contributed by atoms with Crippen LogP contribution in [-0.4, -0.2) is 36.1 Å². The zero-order chi connectivity index (χ0) is 13.9. The van der Waals surface area contributed by atoms with E-state index in [1.165, 1.54) is 53.7 Å². The summed E-state index contributed by atoms with van der Waals surface area (Å²) in [6.45, 7) is 4.60. The standard InChI is InChI=1S/C16H25BrN2S/c1-2-18-12-10-13-4-3-5-14(11-12)19(13)9-8-15-6-7-16(17)20-15/h6-7,12-14,18H,2-5,8-11H2,1H3. The van der Waals surface area contributed by atoms with Crippen molar-refractivity contribution in [3.63, 3.8) is 0 Å². The summed E-state index contributed by atoms with van der Waals surface area (Å²) in [5, 5.41) is 3.68. The van der Waals surface area contributed by atoms with Crippen LogP contribution in [-0.2, 0) is 6.42 Å². The third-order valence-corrected chi connectivity index (χ3v) is 6.55. The van der Waals surface area contributed by atoms with E-state index < -0.39 is 0 Å². The number of nitrogens with zero attached hydrogens (tertiary/aromatic N) is 1. The molecule has 3 rings (SSSR count). The van der Waals surface area contributed by atoms with Gasteiger partial charge >= 0.3 is 0 Å². The fraction of sp³-hybridized carbons (Fsp3) is 0.750. The molecule has 2 aliphatic heterocycles. The van der Waals surface area contributed by atoms with Gasteiger partial charge in [-0.15, -0.1) is 11.3 Å². The maximum absolute atomic E-state index is 3.68. The molecule has 1 aromatic heterocycles. The Kier molecular flexibility index (Phi) is 5.18. The van der Waals surface area contributed by atoms with Crippen LogP contribution in [0, 0.1) is 0 Å². The number of rotatable bonds is 5. The molecule has 2 unspecified atom stereocenters. The first-order chi connectivity index (χ1) is 9.76. The molecule has 0 aromatic carbocycles. The van der Waals surface area contributed by atoms with Crippen molar-refractivity contribution in [1.29, 1.82) is 0 Å². The summed E-state index contributed by atoms with van der Waals surface area (Å²) in [6, 6.07) is 6.88. The number of piperidine rings is 2. The largest absolute Gasteiger partial charge is 0.314 e. The third-order valence-electron chi connectivity index (χ3n) is 4.86. The second-order valence-corrected chi connectivity index (χ2v) is 8.71. The zero-order valence-corrected chi connectivity index (χ0v) is 14.7. The fourth-order valence-electron chi connectivity index (χ4n) is 4.02. The zero-order valence-electron chi connectivity index (χ0n) is 12.3. The van der Waals surface area contributed by atoms with Gasteiger partial charge in [-0.25, -0.2) is 0 Å². The minimum Gasteiger partial charge on any atom is -0.314 e. The van der Waals surface area contributed by atoms with Crippen LogP contribution in [0.3, 0.4) is 0 Å². The van der Waals surface area contributed by atoms with Crippen LogP contribution in [0.25, 0.3) is 0 Å². The van der Waals surface area contributed by atoms with Crippen molar-refractivity contribution in [2.45, 2.75) is 63.6 Å². The van der Waals surface area contributed by atoms with Crippen LogP contribution in [0.4, 0.5) is 0 Å². The summed E-state index contributed by atoms with van der Waals surface area (Å²) in [4.78, 5) is 4.34. The summed E-state index contributed by atoms with van der Waals surface area (Å²) in [5.41, 5.74) is 0. The Balaban J connectivity index is 1.59. The van der Waals surface area contributed by atoms with Crippen molar-refractivity contribution in [3.8, 4) is 0 Å². The minimum absolute atomic E-state index is 0.766. The first-order valence-corrected chi connectivity index (χ1v) is 9.60. The number of halogens is 1. The second kappa shape index (κ2) is 6.91. The van der Waals surface area contributed by atoms with Crippen molar-refractivity contribution >= 4 is 27.3 Å². The number of fused-ring (bicyclic) bond motifs is 2. The predicted molar refractivity (Wildman–Crippen MR) is 90.6 cm³/mol. The number of hydrogen-bond acceptors (Lipinski definition) is 3. The Morgan fingerprint density at radius 3 is 2.65 bits per heavy atom. The van der Waals surface area contributed by atoms with E-state index in [0.717, 1.165) is 24.7 Å². The molecule has 2 atom stereocenters. The first kappa shape index (κ1) is 15.0. The molecule has 1 N–H and O–H groups in total. The van der Waals surface area contributed by atoms with Gasteiger partial charge in [0.25, 0.3) is 0 Å². The van der Waals surface area contributed by atoms with E-state index in [1.54, 1.807) is 0 Å². The summed E-state index contributed by atoms with van der Waals surface area (Å²) >= 11 is 5.46. The van der Waals surface area contributed by atoms with Gasteiger partial charge in [-0.1, -0.05) is 13.3 Å². The van der Waals surface area contributed by atoms with E-state index in [4.69, 9.17) is 0 Å². The van der Waals surface area contributed by atoms with Gasteiger partial charge in [0.2, 0.25) is 0 Å². The van der Waals surface area contributed by atoms with Gasteiger partial charge in [-0.3, -0.25) is 4.90 Å². The highest BCUT2D eigenvalue weighted by Gasteiger charge is 2.37. The summed E-state index contributed by atoms with van der Waals surface area (Å²) in [7, 11) is 0. The lowest BCUT2D eigenvalue weighted by atomic mass is 9.81. The monoisotopic (exact) mass is 356 g/mol. The topological polar surface area (TPSA) is 15.3 Å². The third kappa shape index (κ3) is 3.46. The van der Waals surface area contributed by atoms with Crippen LogP contribution < -0.4 is 5.32 Å². The molecule has 0 radical (unpaired) electrons. The molecule has 3 heterocycles. The molecule has 2 nitrogen and oxygen atoms in total. The lowest BCUT2D eigenvalue weighted by Crippen LogP contribution is -2.56. The summed E-state index contributed by atoms with van der Waals surface area (Å²) in [5.74, 6) is 0. The molecule has 20 heavy (non-hydrogen) atoms. The number of hydrogen-bond donors (Lipinski definition) is 1. The number of nitrogens with one attached hydrogen (secondary N) is 1. The van der Waals surface area contributed by atoms with E-state index in [0.29, 0.717) is 0 Å². The Morgan fingerprint density at radius 2 is 2.05 bits per heavy atom. The summed E-state index contributed by atoms with van der Waals surface area (Å²) in [6.07, 6.45) is 8.19. The smallest absolute Gasteiger partial charge is 0.0701 e. The van der Waals surface area contributed by atoms with Gasteiger partial charge < -0.3 is 5.32 Å². The Morgan fingerprint density at radius 1 is 1.30 bits per heavy atom. The minimum atomic E-state index is 0.766.